The molecule has 1 atom stereocenters. The van der Waals surface area contributed by atoms with Crippen LogP contribution in [0.2, 0.25) is 0 Å². The Kier molecular flexibility index (Phi) is 13.0. The third kappa shape index (κ3) is 8.95. The molecule has 3 rings (SSSR count). The topological polar surface area (TPSA) is 72.5 Å². The van der Waals surface area contributed by atoms with Gasteiger partial charge in [-0.05, 0) is 30.5 Å². The van der Waals surface area contributed by atoms with Gasteiger partial charge in [0.1, 0.15) is 10.1 Å². The number of benzene rings is 2. The minimum atomic E-state index is -4.55. The molecular formula is C26H37KN2O3S. The number of fused-ring (bicyclic) bond motifs is 1. The Morgan fingerprint density at radius 2 is 1.45 bits per heavy atom. The predicted molar refractivity (Wildman–Crippen MR) is 131 cm³/mol. The third-order valence-corrected chi connectivity index (χ3v) is 7.15. The molecule has 0 radical (unpaired) electrons. The molecule has 33 heavy (non-hydrogen) atoms. The molecule has 2 aromatic carbocycles. The van der Waals surface area contributed by atoms with Crippen LogP contribution in [0.25, 0.3) is 0 Å². The molecule has 0 saturated carbocycles. The smallest absolute Gasteiger partial charge is 0.744 e. The fourth-order valence-electron chi connectivity index (χ4n) is 4.57. The van der Waals surface area contributed by atoms with Gasteiger partial charge in [0.2, 0.25) is 0 Å². The summed E-state index contributed by atoms with van der Waals surface area (Å²) in [6.45, 7) is 2.81. The Morgan fingerprint density at radius 1 is 0.848 bits per heavy atom. The van der Waals surface area contributed by atoms with Gasteiger partial charge in [-0.25, -0.2) is 8.42 Å². The summed E-state index contributed by atoms with van der Waals surface area (Å²) in [6, 6.07) is 14.9. The Bertz CT molecular complexity index is 938. The number of rotatable bonds is 14. The Balaban J connectivity index is 0.00000385. The Morgan fingerprint density at radius 3 is 2.06 bits per heavy atom. The van der Waals surface area contributed by atoms with Crippen LogP contribution in [0.1, 0.15) is 83.1 Å². The van der Waals surface area contributed by atoms with Crippen LogP contribution in [0, 0.1) is 0 Å². The first-order valence-corrected chi connectivity index (χ1v) is 13.6. The normalized spacial score (nSPS) is 15.1. The number of anilines is 2. The maximum atomic E-state index is 11.9. The van der Waals surface area contributed by atoms with E-state index in [0.717, 1.165) is 24.1 Å². The Hall–Kier alpha value is -0.414. The minimum Gasteiger partial charge on any atom is -0.744 e. The molecule has 0 amide bonds. The molecule has 0 aromatic heterocycles. The number of hydrogen-bond donors (Lipinski definition) is 1. The van der Waals surface area contributed by atoms with Gasteiger partial charge in [-0.2, -0.15) is 0 Å². The molecule has 0 spiro atoms. The second-order valence-electron chi connectivity index (χ2n) is 8.85. The number of hydrogen-bond acceptors (Lipinski definition) is 5. The fourth-order valence-corrected chi connectivity index (χ4v) is 5.28. The average Bonchev–Trinajstić information content (AvgIpc) is 3.12. The van der Waals surface area contributed by atoms with Gasteiger partial charge >= 0.3 is 51.4 Å². The van der Waals surface area contributed by atoms with E-state index in [9.17, 15) is 13.0 Å². The number of nitrogens with one attached hydrogen (secondary N) is 1. The quantitative estimate of drug-likeness (QED) is 0.245. The summed E-state index contributed by atoms with van der Waals surface area (Å²) in [5.41, 5.74) is 2.34. The van der Waals surface area contributed by atoms with E-state index in [1.807, 2.05) is 36.4 Å². The molecule has 0 fully saturated rings. The van der Waals surface area contributed by atoms with Crippen molar-refractivity contribution in [2.24, 2.45) is 0 Å². The van der Waals surface area contributed by atoms with Gasteiger partial charge in [0.05, 0.1) is 22.4 Å². The molecule has 1 N–H and O–H groups in total. The van der Waals surface area contributed by atoms with Crippen molar-refractivity contribution in [1.82, 2.24) is 0 Å². The maximum absolute atomic E-state index is 11.9. The van der Waals surface area contributed by atoms with Gasteiger partial charge in [-0.3, -0.25) is 0 Å². The number of nitrogens with zero attached hydrogens (tertiary/aromatic N) is 1. The molecule has 0 aliphatic carbocycles. The van der Waals surface area contributed by atoms with Crippen LogP contribution in [-0.2, 0) is 16.7 Å². The van der Waals surface area contributed by atoms with Crippen molar-refractivity contribution in [3.8, 4) is 0 Å². The van der Waals surface area contributed by atoms with Gasteiger partial charge in [-0.15, -0.1) is 0 Å². The molecule has 1 heterocycles. The first kappa shape index (κ1) is 28.8. The van der Waals surface area contributed by atoms with Crippen molar-refractivity contribution in [3.63, 3.8) is 0 Å². The molecule has 7 heteroatoms. The zero-order valence-corrected chi connectivity index (χ0v) is 24.2. The summed E-state index contributed by atoms with van der Waals surface area (Å²) in [5, 5.41) is 3.47. The zero-order chi connectivity index (χ0) is 22.8. The van der Waals surface area contributed by atoms with Crippen molar-refractivity contribution < 1.29 is 64.4 Å². The van der Waals surface area contributed by atoms with Crippen LogP contribution in [0.4, 0.5) is 11.4 Å². The summed E-state index contributed by atoms with van der Waals surface area (Å²) < 4.78 is 35.8. The van der Waals surface area contributed by atoms with E-state index in [4.69, 9.17) is 0 Å². The minimum absolute atomic E-state index is 0. The molecule has 1 aliphatic heterocycles. The van der Waals surface area contributed by atoms with Crippen LogP contribution in [-0.4, -0.2) is 19.1 Å². The van der Waals surface area contributed by atoms with Crippen molar-refractivity contribution in [3.05, 3.63) is 54.1 Å². The molecule has 176 valence electrons. The zero-order valence-electron chi connectivity index (χ0n) is 20.3. The van der Waals surface area contributed by atoms with Crippen molar-refractivity contribution in [2.75, 3.05) is 10.2 Å². The van der Waals surface area contributed by atoms with E-state index in [1.54, 1.807) is 6.07 Å². The van der Waals surface area contributed by atoms with Gasteiger partial charge in [0, 0.05) is 6.54 Å². The van der Waals surface area contributed by atoms with Crippen LogP contribution in [0.15, 0.2) is 53.4 Å². The first-order chi connectivity index (χ1) is 15.5. The van der Waals surface area contributed by atoms with E-state index in [2.05, 4.69) is 17.1 Å². The molecule has 1 unspecified atom stereocenters. The maximum Gasteiger partial charge on any atom is 1.00 e. The second-order valence-corrected chi connectivity index (χ2v) is 10.2. The summed E-state index contributed by atoms with van der Waals surface area (Å²) in [5.74, 6) is 0. The van der Waals surface area contributed by atoms with Crippen LogP contribution in [0.3, 0.4) is 0 Å². The molecule has 1 aliphatic rings. The van der Waals surface area contributed by atoms with Gasteiger partial charge in [0.25, 0.3) is 0 Å². The second kappa shape index (κ2) is 14.9. The molecule has 5 nitrogen and oxygen atoms in total. The SMILES string of the molecule is CCCCCCCCCCCCC1Nc2cccc(S(=O)(=O)[O-])c2N1Cc1ccccc1.[K+]. The van der Waals surface area contributed by atoms with E-state index >= 15 is 0 Å². The van der Waals surface area contributed by atoms with Gasteiger partial charge in [0.15, 0.2) is 0 Å². The monoisotopic (exact) mass is 496 g/mol. The van der Waals surface area contributed by atoms with E-state index in [0.29, 0.717) is 12.2 Å². The molecule has 2 aromatic rings. The van der Waals surface area contributed by atoms with Crippen molar-refractivity contribution >= 4 is 21.5 Å². The molecule has 0 saturated heterocycles. The Labute approximate surface area is 242 Å². The van der Waals surface area contributed by atoms with Crippen molar-refractivity contribution in [1.29, 1.82) is 0 Å². The fraction of sp³-hybridized carbons (Fsp3) is 0.538. The number of para-hydroxylation sites is 1. The van der Waals surface area contributed by atoms with E-state index in [1.165, 1.54) is 63.9 Å². The van der Waals surface area contributed by atoms with E-state index in [-0.39, 0.29) is 62.4 Å². The van der Waals surface area contributed by atoms with Crippen LogP contribution in [0.5, 0.6) is 0 Å². The largest absolute Gasteiger partial charge is 1.00 e. The van der Waals surface area contributed by atoms with E-state index < -0.39 is 10.1 Å². The van der Waals surface area contributed by atoms with Crippen LogP contribution < -0.4 is 61.6 Å². The summed E-state index contributed by atoms with van der Waals surface area (Å²) in [7, 11) is -4.55. The third-order valence-electron chi connectivity index (χ3n) is 6.28. The molecular weight excluding hydrogens is 459 g/mol. The van der Waals surface area contributed by atoms with Crippen LogP contribution >= 0.6 is 0 Å². The standard InChI is InChI=1S/C26H38N2O3S.K/c1-2-3-4-5-6-7-8-9-10-14-20-25-27-23-18-15-19-24(32(29,30)31)26(23)28(25)21-22-16-12-11-13-17-22;/h11-13,15-19,25,27H,2-10,14,20-21H2,1H3,(H,29,30,31);/q;+1/p-1. The summed E-state index contributed by atoms with van der Waals surface area (Å²) in [6.07, 6.45) is 13.7. The average molecular weight is 497 g/mol. The summed E-state index contributed by atoms with van der Waals surface area (Å²) in [4.78, 5) is 1.92. The predicted octanol–water partition coefficient (Wildman–Crippen LogP) is 3.66. The molecule has 0 bridgehead atoms. The van der Waals surface area contributed by atoms with Gasteiger partial charge in [-0.1, -0.05) is 101 Å². The summed E-state index contributed by atoms with van der Waals surface area (Å²) >= 11 is 0. The van der Waals surface area contributed by atoms with Crippen molar-refractivity contribution in [2.45, 2.75) is 95.2 Å². The first-order valence-electron chi connectivity index (χ1n) is 12.2. The number of unbranched alkanes of at least 4 members (excludes halogenated alkanes) is 9. The van der Waals surface area contributed by atoms with Gasteiger partial charge < -0.3 is 14.8 Å².